The summed E-state index contributed by atoms with van der Waals surface area (Å²) in [6.07, 6.45) is -1.14. The Morgan fingerprint density at radius 3 is 2.48 bits per heavy atom. The van der Waals surface area contributed by atoms with Crippen molar-refractivity contribution in [2.45, 2.75) is 6.36 Å². The fraction of sp³-hybridized carbons (Fsp3) is 0.250. The number of alkyl halides is 3. The number of carbonyl (C=O) groups excluding carboxylic acids is 1. The molecule has 1 fully saturated rings. The largest absolute Gasteiger partial charge is 0.573 e. The van der Waals surface area contributed by atoms with Crippen molar-refractivity contribution in [2.24, 2.45) is 0 Å². The third-order valence-electron chi connectivity index (χ3n) is 4.65. The molecule has 2 aliphatic heterocycles. The minimum absolute atomic E-state index is 0.129. The summed E-state index contributed by atoms with van der Waals surface area (Å²) < 4.78 is 46.3. The molecular formula is C20H18F3N3O3. The predicted molar refractivity (Wildman–Crippen MR) is 101 cm³/mol. The van der Waals surface area contributed by atoms with Crippen molar-refractivity contribution in [3.63, 3.8) is 0 Å². The lowest BCUT2D eigenvalue weighted by Crippen LogP contribution is -2.40. The Bertz CT molecular complexity index is 958. The van der Waals surface area contributed by atoms with Crippen molar-refractivity contribution >= 4 is 23.5 Å². The second-order valence-electron chi connectivity index (χ2n) is 6.59. The van der Waals surface area contributed by atoms with E-state index >= 15 is 0 Å². The average molecular weight is 405 g/mol. The molecule has 4 rings (SSSR count). The third kappa shape index (κ3) is 4.00. The molecule has 9 heteroatoms. The monoisotopic (exact) mass is 405 g/mol. The van der Waals surface area contributed by atoms with Gasteiger partial charge in [-0.15, -0.1) is 13.2 Å². The number of hydrogen-bond acceptors (Lipinski definition) is 4. The Morgan fingerprint density at radius 2 is 1.83 bits per heavy atom. The lowest BCUT2D eigenvalue weighted by atomic mass is 10.1. The average Bonchev–Trinajstić information content (AvgIpc) is 3.12. The number of amides is 1. The van der Waals surface area contributed by atoms with Crippen LogP contribution < -0.4 is 9.64 Å². The molecule has 29 heavy (non-hydrogen) atoms. The number of aromatic nitrogens is 1. The Kier molecular flexibility index (Phi) is 4.83. The first-order chi connectivity index (χ1) is 13.8. The second kappa shape index (κ2) is 7.32. The molecule has 1 amide bonds. The highest BCUT2D eigenvalue weighted by Gasteiger charge is 2.31. The number of anilines is 2. The Balaban J connectivity index is 1.61. The van der Waals surface area contributed by atoms with Gasteiger partial charge in [0, 0.05) is 30.0 Å². The Hall–Kier alpha value is -3.20. The van der Waals surface area contributed by atoms with Gasteiger partial charge in [0.1, 0.15) is 17.3 Å². The van der Waals surface area contributed by atoms with E-state index in [4.69, 9.17) is 4.74 Å². The highest BCUT2D eigenvalue weighted by Crippen LogP contribution is 2.37. The number of fused-ring (bicyclic) bond motifs is 1. The number of nitrogens with one attached hydrogen (secondary N) is 1. The number of ether oxygens (including phenoxy) is 2. The molecule has 1 aromatic carbocycles. The SMILES string of the molecule is C=C1C=Cc2cc(C(=O)N3CCOCC3)[nH]c2N1c1ccc(OC(F)(F)F)cc1. The first-order valence-corrected chi connectivity index (χ1v) is 8.95. The molecule has 0 radical (unpaired) electrons. The number of aromatic amines is 1. The third-order valence-corrected chi connectivity index (χ3v) is 4.65. The first-order valence-electron chi connectivity index (χ1n) is 8.95. The molecule has 1 saturated heterocycles. The molecule has 0 spiro atoms. The molecular weight excluding hydrogens is 387 g/mol. The number of morpholine rings is 1. The van der Waals surface area contributed by atoms with E-state index in [1.807, 2.05) is 6.08 Å². The molecule has 0 atom stereocenters. The fourth-order valence-electron chi connectivity index (χ4n) is 3.32. The van der Waals surface area contributed by atoms with Gasteiger partial charge in [0.2, 0.25) is 0 Å². The topological polar surface area (TPSA) is 57.8 Å². The minimum atomic E-state index is -4.75. The van der Waals surface area contributed by atoms with Gasteiger partial charge in [-0.1, -0.05) is 6.58 Å². The zero-order chi connectivity index (χ0) is 20.6. The highest BCUT2D eigenvalue weighted by molar-refractivity contribution is 5.96. The van der Waals surface area contributed by atoms with E-state index in [1.165, 1.54) is 24.3 Å². The van der Waals surface area contributed by atoms with Crippen LogP contribution in [0.4, 0.5) is 24.7 Å². The predicted octanol–water partition coefficient (Wildman–Crippen LogP) is 4.06. The van der Waals surface area contributed by atoms with Crippen LogP contribution in [-0.4, -0.2) is 48.5 Å². The van der Waals surface area contributed by atoms with Crippen LogP contribution in [0.3, 0.4) is 0 Å². The van der Waals surface area contributed by atoms with E-state index in [0.29, 0.717) is 49.2 Å². The maximum Gasteiger partial charge on any atom is 0.573 e. The van der Waals surface area contributed by atoms with Gasteiger partial charge in [-0.25, -0.2) is 0 Å². The summed E-state index contributed by atoms with van der Waals surface area (Å²) in [6, 6.07) is 7.22. The smallest absolute Gasteiger partial charge is 0.406 e. The van der Waals surface area contributed by atoms with Crippen LogP contribution in [-0.2, 0) is 4.74 Å². The number of carbonyl (C=O) groups is 1. The molecule has 0 aliphatic carbocycles. The fourth-order valence-corrected chi connectivity index (χ4v) is 3.32. The van der Waals surface area contributed by atoms with E-state index in [1.54, 1.807) is 21.9 Å². The van der Waals surface area contributed by atoms with Crippen LogP contribution in [0.5, 0.6) is 5.75 Å². The molecule has 1 N–H and O–H groups in total. The number of hydrogen-bond donors (Lipinski definition) is 1. The van der Waals surface area contributed by atoms with Crippen LogP contribution in [0.15, 0.2) is 48.7 Å². The first kappa shape index (κ1) is 19.1. The van der Waals surface area contributed by atoms with Crippen molar-refractivity contribution in [1.29, 1.82) is 0 Å². The Morgan fingerprint density at radius 1 is 1.14 bits per heavy atom. The maximum atomic E-state index is 12.8. The Labute approximate surface area is 164 Å². The molecule has 2 aliphatic rings. The standard InChI is InChI=1S/C20H18F3N3O3/c1-13-2-3-14-12-17(19(27)25-8-10-28-11-9-25)24-18(14)26(13)15-4-6-16(7-5-15)29-20(21,22)23/h2-7,12,24H,1,8-11H2. The molecule has 3 heterocycles. The normalized spacial score (nSPS) is 16.7. The molecule has 0 unspecified atom stereocenters. The van der Waals surface area contributed by atoms with Crippen molar-refractivity contribution in [3.8, 4) is 5.75 Å². The lowest BCUT2D eigenvalue weighted by molar-refractivity contribution is -0.274. The van der Waals surface area contributed by atoms with Gasteiger partial charge in [0.25, 0.3) is 5.91 Å². The van der Waals surface area contributed by atoms with E-state index in [0.717, 1.165) is 5.56 Å². The zero-order valence-corrected chi connectivity index (χ0v) is 15.3. The molecule has 6 nitrogen and oxygen atoms in total. The second-order valence-corrected chi connectivity index (χ2v) is 6.59. The number of benzene rings is 1. The van der Waals surface area contributed by atoms with Crippen LogP contribution in [0.2, 0.25) is 0 Å². The van der Waals surface area contributed by atoms with Crippen molar-refractivity contribution < 1.29 is 27.4 Å². The van der Waals surface area contributed by atoms with E-state index in [2.05, 4.69) is 16.3 Å². The van der Waals surface area contributed by atoms with Crippen molar-refractivity contribution in [3.05, 3.63) is 59.9 Å². The van der Waals surface area contributed by atoms with Crippen LogP contribution in [0.1, 0.15) is 16.1 Å². The van der Waals surface area contributed by atoms with Gasteiger partial charge < -0.3 is 19.4 Å². The molecule has 1 aromatic heterocycles. The van der Waals surface area contributed by atoms with Crippen LogP contribution >= 0.6 is 0 Å². The number of nitrogens with zero attached hydrogens (tertiary/aromatic N) is 2. The van der Waals surface area contributed by atoms with E-state index in [9.17, 15) is 18.0 Å². The summed E-state index contributed by atoms with van der Waals surface area (Å²) in [5.74, 6) is 0.184. The van der Waals surface area contributed by atoms with Gasteiger partial charge in [0.15, 0.2) is 0 Å². The van der Waals surface area contributed by atoms with Crippen LogP contribution in [0, 0.1) is 0 Å². The van der Waals surface area contributed by atoms with Gasteiger partial charge in [-0.3, -0.25) is 9.69 Å². The summed E-state index contributed by atoms with van der Waals surface area (Å²) >= 11 is 0. The van der Waals surface area contributed by atoms with E-state index < -0.39 is 6.36 Å². The summed E-state index contributed by atoms with van der Waals surface area (Å²) in [5, 5.41) is 0. The van der Waals surface area contributed by atoms with E-state index in [-0.39, 0.29) is 11.7 Å². The summed E-state index contributed by atoms with van der Waals surface area (Å²) in [4.78, 5) is 19.4. The molecule has 0 bridgehead atoms. The molecule has 152 valence electrons. The zero-order valence-electron chi connectivity index (χ0n) is 15.3. The minimum Gasteiger partial charge on any atom is -0.406 e. The maximum absolute atomic E-state index is 12.8. The summed E-state index contributed by atoms with van der Waals surface area (Å²) in [7, 11) is 0. The van der Waals surface area contributed by atoms with Gasteiger partial charge >= 0.3 is 6.36 Å². The van der Waals surface area contributed by atoms with Crippen molar-refractivity contribution in [1.82, 2.24) is 9.88 Å². The summed E-state index contributed by atoms with van der Waals surface area (Å²) in [6.45, 7) is 6.04. The number of allylic oxidation sites excluding steroid dienone is 1. The molecule has 2 aromatic rings. The van der Waals surface area contributed by atoms with Crippen LogP contribution in [0.25, 0.3) is 6.08 Å². The lowest BCUT2D eigenvalue weighted by Gasteiger charge is -2.28. The quantitative estimate of drug-likeness (QED) is 0.837. The van der Waals surface area contributed by atoms with Crippen molar-refractivity contribution in [2.75, 3.05) is 31.2 Å². The highest BCUT2D eigenvalue weighted by atomic mass is 19.4. The molecule has 0 saturated carbocycles. The number of H-pyrrole nitrogens is 1. The summed E-state index contributed by atoms with van der Waals surface area (Å²) in [5.41, 5.74) is 2.40. The van der Waals surface area contributed by atoms with Gasteiger partial charge in [-0.05, 0) is 42.5 Å². The van der Waals surface area contributed by atoms with Gasteiger partial charge in [0.05, 0.1) is 13.2 Å². The number of rotatable bonds is 3. The number of halogens is 3. The van der Waals surface area contributed by atoms with Gasteiger partial charge in [-0.2, -0.15) is 0 Å².